The minimum atomic E-state index is -1.54. The van der Waals surface area contributed by atoms with Crippen molar-refractivity contribution in [1.29, 1.82) is 0 Å². The van der Waals surface area contributed by atoms with E-state index in [4.69, 9.17) is 14.6 Å². The van der Waals surface area contributed by atoms with E-state index in [0.717, 1.165) is 0 Å². The number of phenols is 1. The van der Waals surface area contributed by atoms with Gasteiger partial charge >= 0.3 is 0 Å². The number of aliphatic hydroxyl groups is 5. The Kier molecular flexibility index (Phi) is 5.93. The van der Waals surface area contributed by atoms with Crippen molar-refractivity contribution in [2.45, 2.75) is 49.8 Å². The van der Waals surface area contributed by atoms with E-state index < -0.39 is 49.5 Å². The first kappa shape index (κ1) is 18.1. The van der Waals surface area contributed by atoms with Gasteiger partial charge in [-0.3, -0.25) is 0 Å². The molecule has 1 aliphatic rings. The molecule has 8 heteroatoms. The average Bonchev–Trinajstić information content (AvgIpc) is 2.55. The molecule has 0 amide bonds. The Morgan fingerprint density at radius 2 is 1.70 bits per heavy atom. The van der Waals surface area contributed by atoms with Gasteiger partial charge in [-0.2, -0.15) is 0 Å². The molecule has 1 aliphatic heterocycles. The molecule has 0 bridgehead atoms. The fourth-order valence-electron chi connectivity index (χ4n) is 2.41. The molecule has 1 fully saturated rings. The van der Waals surface area contributed by atoms with E-state index >= 15 is 0 Å². The van der Waals surface area contributed by atoms with E-state index in [0.29, 0.717) is 5.56 Å². The van der Waals surface area contributed by atoms with Crippen LogP contribution in [0.3, 0.4) is 0 Å². The fraction of sp³-hybridized carbons (Fsp3) is 0.600. The Hall–Kier alpha value is -1.26. The van der Waals surface area contributed by atoms with Gasteiger partial charge in [-0.05, 0) is 24.6 Å². The Labute approximate surface area is 133 Å². The summed E-state index contributed by atoms with van der Waals surface area (Å²) in [6.07, 6.45) is -8.80. The maximum atomic E-state index is 10.2. The van der Waals surface area contributed by atoms with Crippen molar-refractivity contribution in [3.63, 3.8) is 0 Å². The summed E-state index contributed by atoms with van der Waals surface area (Å²) in [5.41, 5.74) is 0.486. The van der Waals surface area contributed by atoms with E-state index in [1.54, 1.807) is 6.92 Å². The second-order valence-electron chi connectivity index (χ2n) is 5.57. The first-order valence-electron chi connectivity index (χ1n) is 7.28. The summed E-state index contributed by atoms with van der Waals surface area (Å²) in [6, 6.07) is 5.87. The molecule has 2 rings (SSSR count). The smallest absolute Gasteiger partial charge is 0.187 e. The molecule has 0 saturated carbocycles. The SMILES string of the molecule is C[C@H](O[C@@H]1O[C@H](CO)[C@@H](O)[C@H](O)[C@H]1O)[C@H](O)c1ccc(O)cc1. The molecular weight excluding hydrogens is 308 g/mol. The minimum Gasteiger partial charge on any atom is -0.508 e. The number of aromatic hydroxyl groups is 1. The zero-order valence-electron chi connectivity index (χ0n) is 12.6. The Morgan fingerprint density at radius 1 is 1.09 bits per heavy atom. The van der Waals surface area contributed by atoms with Gasteiger partial charge in [0.1, 0.15) is 36.3 Å². The zero-order valence-corrected chi connectivity index (χ0v) is 12.6. The third kappa shape index (κ3) is 3.99. The maximum absolute atomic E-state index is 10.2. The fourth-order valence-corrected chi connectivity index (χ4v) is 2.41. The maximum Gasteiger partial charge on any atom is 0.187 e. The number of rotatable bonds is 5. The molecule has 0 spiro atoms. The molecule has 8 nitrogen and oxygen atoms in total. The predicted molar refractivity (Wildman–Crippen MR) is 77.4 cm³/mol. The minimum absolute atomic E-state index is 0.0588. The largest absolute Gasteiger partial charge is 0.508 e. The highest BCUT2D eigenvalue weighted by atomic mass is 16.7. The van der Waals surface area contributed by atoms with Crippen LogP contribution in [0, 0.1) is 0 Å². The molecule has 1 heterocycles. The molecule has 130 valence electrons. The highest BCUT2D eigenvalue weighted by molar-refractivity contribution is 5.27. The van der Waals surface area contributed by atoms with Crippen molar-refractivity contribution in [3.05, 3.63) is 29.8 Å². The molecule has 6 N–H and O–H groups in total. The lowest BCUT2D eigenvalue weighted by Crippen LogP contribution is -2.59. The number of hydrogen-bond acceptors (Lipinski definition) is 8. The van der Waals surface area contributed by atoms with Crippen LogP contribution in [0.2, 0.25) is 0 Å². The van der Waals surface area contributed by atoms with Crippen LogP contribution >= 0.6 is 0 Å². The van der Waals surface area contributed by atoms with Gasteiger partial charge < -0.3 is 40.1 Å². The first-order chi connectivity index (χ1) is 10.8. The standard InChI is InChI=1S/C15H22O8/c1-7(11(18)8-2-4-9(17)5-3-8)22-15-14(21)13(20)12(19)10(6-16)23-15/h2-5,7,10-21H,6H2,1H3/t7-,10+,11-,12+,13-,14+,15+/m0/s1. The number of benzene rings is 1. The summed E-state index contributed by atoms with van der Waals surface area (Å²) in [7, 11) is 0. The van der Waals surface area contributed by atoms with Crippen LogP contribution in [0.1, 0.15) is 18.6 Å². The monoisotopic (exact) mass is 330 g/mol. The van der Waals surface area contributed by atoms with Crippen molar-refractivity contribution >= 4 is 0 Å². The van der Waals surface area contributed by atoms with Crippen LogP contribution in [0.4, 0.5) is 0 Å². The molecule has 0 unspecified atom stereocenters. The lowest BCUT2D eigenvalue weighted by atomic mass is 9.99. The summed E-state index contributed by atoms with van der Waals surface area (Å²) < 4.78 is 10.7. The topological polar surface area (TPSA) is 140 Å². The molecule has 1 saturated heterocycles. The van der Waals surface area contributed by atoms with Crippen LogP contribution in [-0.4, -0.2) is 74.1 Å². The number of ether oxygens (including phenoxy) is 2. The summed E-state index contributed by atoms with van der Waals surface area (Å²) in [4.78, 5) is 0. The highest BCUT2D eigenvalue weighted by Gasteiger charge is 2.44. The Balaban J connectivity index is 2.03. The number of hydrogen-bond donors (Lipinski definition) is 6. The third-order valence-corrected chi connectivity index (χ3v) is 3.88. The van der Waals surface area contributed by atoms with Crippen LogP contribution < -0.4 is 0 Å². The van der Waals surface area contributed by atoms with Gasteiger partial charge in [0.2, 0.25) is 0 Å². The van der Waals surface area contributed by atoms with E-state index in [1.807, 2.05) is 0 Å². The van der Waals surface area contributed by atoms with E-state index in [9.17, 15) is 25.5 Å². The van der Waals surface area contributed by atoms with Gasteiger partial charge in [0.05, 0.1) is 12.7 Å². The van der Waals surface area contributed by atoms with Gasteiger partial charge in [0.15, 0.2) is 6.29 Å². The van der Waals surface area contributed by atoms with Crippen molar-refractivity contribution in [2.75, 3.05) is 6.61 Å². The lowest BCUT2D eigenvalue weighted by Gasteiger charge is -2.41. The highest BCUT2D eigenvalue weighted by Crippen LogP contribution is 2.27. The van der Waals surface area contributed by atoms with Gasteiger partial charge in [-0.1, -0.05) is 12.1 Å². The summed E-state index contributed by atoms with van der Waals surface area (Å²) in [5, 5.41) is 57.9. The number of aliphatic hydroxyl groups excluding tert-OH is 5. The van der Waals surface area contributed by atoms with Crippen molar-refractivity contribution in [3.8, 4) is 5.75 Å². The molecule has 1 aromatic carbocycles. The van der Waals surface area contributed by atoms with E-state index in [2.05, 4.69) is 0 Å². The summed E-state index contributed by atoms with van der Waals surface area (Å²) >= 11 is 0. The van der Waals surface area contributed by atoms with Gasteiger partial charge in [0, 0.05) is 0 Å². The number of phenolic OH excluding ortho intramolecular Hbond substituents is 1. The lowest BCUT2D eigenvalue weighted by molar-refractivity contribution is -0.315. The molecule has 0 radical (unpaired) electrons. The van der Waals surface area contributed by atoms with Crippen molar-refractivity contribution in [2.24, 2.45) is 0 Å². The Morgan fingerprint density at radius 3 is 2.26 bits per heavy atom. The van der Waals surface area contributed by atoms with Crippen molar-refractivity contribution in [1.82, 2.24) is 0 Å². The molecule has 0 aromatic heterocycles. The van der Waals surface area contributed by atoms with Crippen molar-refractivity contribution < 1.29 is 40.1 Å². The zero-order chi connectivity index (χ0) is 17.1. The first-order valence-corrected chi connectivity index (χ1v) is 7.28. The van der Waals surface area contributed by atoms with E-state index in [-0.39, 0.29) is 5.75 Å². The second kappa shape index (κ2) is 7.54. The van der Waals surface area contributed by atoms with Gasteiger partial charge in [0.25, 0.3) is 0 Å². The summed E-state index contributed by atoms with van der Waals surface area (Å²) in [5.74, 6) is 0.0588. The third-order valence-electron chi connectivity index (χ3n) is 3.88. The van der Waals surface area contributed by atoms with Gasteiger partial charge in [-0.25, -0.2) is 0 Å². The van der Waals surface area contributed by atoms with Crippen LogP contribution in [0.5, 0.6) is 5.75 Å². The van der Waals surface area contributed by atoms with Gasteiger partial charge in [-0.15, -0.1) is 0 Å². The molecular formula is C15H22O8. The van der Waals surface area contributed by atoms with E-state index in [1.165, 1.54) is 24.3 Å². The molecule has 23 heavy (non-hydrogen) atoms. The normalized spacial score (nSPS) is 34.1. The Bertz CT molecular complexity index is 491. The second-order valence-corrected chi connectivity index (χ2v) is 5.57. The molecule has 7 atom stereocenters. The quantitative estimate of drug-likeness (QED) is 0.389. The predicted octanol–water partition coefficient (Wildman–Crippen LogP) is -1.37. The summed E-state index contributed by atoms with van der Waals surface area (Å²) in [6.45, 7) is 0.985. The van der Waals surface area contributed by atoms with Crippen LogP contribution in [-0.2, 0) is 9.47 Å². The molecule has 1 aromatic rings. The molecule has 0 aliphatic carbocycles. The van der Waals surface area contributed by atoms with Crippen LogP contribution in [0.25, 0.3) is 0 Å². The van der Waals surface area contributed by atoms with Crippen LogP contribution in [0.15, 0.2) is 24.3 Å². The average molecular weight is 330 g/mol.